The summed E-state index contributed by atoms with van der Waals surface area (Å²) in [7, 11) is -1.79. The Morgan fingerprint density at radius 2 is 2.05 bits per heavy atom. The number of aryl methyl sites for hydroxylation is 1. The largest absolute Gasteiger partial charge is 0.320 e. The molecule has 0 aliphatic heterocycles. The van der Waals surface area contributed by atoms with Crippen molar-refractivity contribution in [1.82, 2.24) is 4.98 Å². The zero-order valence-corrected chi connectivity index (χ0v) is 14.0. The van der Waals surface area contributed by atoms with Crippen LogP contribution in [0, 0.1) is 6.92 Å². The third kappa shape index (κ3) is 3.25. The summed E-state index contributed by atoms with van der Waals surface area (Å²) in [5, 5.41) is 1.78. The van der Waals surface area contributed by atoms with Gasteiger partial charge in [0, 0.05) is 30.4 Å². The molecule has 0 bridgehead atoms. The Bertz CT molecular complexity index is 786. The van der Waals surface area contributed by atoms with E-state index in [4.69, 9.17) is 11.6 Å². The highest BCUT2D eigenvalue weighted by atomic mass is 35.5. The van der Waals surface area contributed by atoms with Crippen LogP contribution in [0.1, 0.15) is 15.9 Å². The van der Waals surface area contributed by atoms with Gasteiger partial charge < -0.3 is 4.90 Å². The molecule has 1 aromatic heterocycles. The molecule has 1 aromatic carbocycles. The summed E-state index contributed by atoms with van der Waals surface area (Å²) >= 11 is 6.89. The van der Waals surface area contributed by atoms with Gasteiger partial charge in [-0.05, 0) is 36.2 Å². The second kappa shape index (κ2) is 5.75. The van der Waals surface area contributed by atoms with Crippen LogP contribution in [0.15, 0.2) is 28.6 Å². The van der Waals surface area contributed by atoms with Gasteiger partial charge in [-0.25, -0.2) is 13.4 Å². The Kier molecular flexibility index (Phi) is 4.36. The van der Waals surface area contributed by atoms with Crippen molar-refractivity contribution in [2.45, 2.75) is 11.8 Å². The van der Waals surface area contributed by atoms with Gasteiger partial charge in [0.2, 0.25) is 0 Å². The van der Waals surface area contributed by atoms with E-state index >= 15 is 0 Å². The fourth-order valence-electron chi connectivity index (χ4n) is 1.93. The van der Waals surface area contributed by atoms with Gasteiger partial charge in [-0.2, -0.15) is 0 Å². The van der Waals surface area contributed by atoms with Crippen LogP contribution < -0.4 is 4.90 Å². The Labute approximate surface area is 132 Å². The van der Waals surface area contributed by atoms with Gasteiger partial charge in [-0.15, -0.1) is 11.3 Å². The first kappa shape index (κ1) is 15.9. The Morgan fingerprint density at radius 1 is 1.38 bits per heavy atom. The summed E-state index contributed by atoms with van der Waals surface area (Å²) in [5.74, 6) is 0. The highest BCUT2D eigenvalue weighted by Gasteiger charge is 2.22. The second-order valence-corrected chi connectivity index (χ2v) is 7.75. The van der Waals surface area contributed by atoms with Crippen LogP contribution in [0.3, 0.4) is 0 Å². The number of sulfone groups is 1. The normalized spacial score (nSPS) is 11.4. The third-order valence-corrected chi connectivity index (χ3v) is 5.16. The zero-order chi connectivity index (χ0) is 15.8. The van der Waals surface area contributed by atoms with Crippen molar-refractivity contribution in [2.24, 2.45) is 0 Å². The van der Waals surface area contributed by atoms with E-state index in [1.165, 1.54) is 17.4 Å². The monoisotopic (exact) mass is 344 g/mol. The van der Waals surface area contributed by atoms with Crippen molar-refractivity contribution in [2.75, 3.05) is 18.2 Å². The van der Waals surface area contributed by atoms with Gasteiger partial charge in [0.15, 0.2) is 15.0 Å². The minimum absolute atomic E-state index is 0.0507. The van der Waals surface area contributed by atoms with E-state index in [1.807, 2.05) is 0 Å². The Hall–Kier alpha value is -1.44. The maximum absolute atomic E-state index is 12.0. The molecule has 0 N–H and O–H groups in total. The van der Waals surface area contributed by atoms with Crippen LogP contribution in [0.2, 0.25) is 0 Å². The smallest absolute Gasteiger partial charge is 0.252 e. The zero-order valence-electron chi connectivity index (χ0n) is 11.6. The number of anilines is 2. The quantitative estimate of drug-likeness (QED) is 0.797. The predicted molar refractivity (Wildman–Crippen MR) is 84.6 cm³/mol. The van der Waals surface area contributed by atoms with Crippen molar-refractivity contribution in [3.63, 3.8) is 0 Å². The number of rotatable bonds is 4. The number of thiazole rings is 1. The highest BCUT2D eigenvalue weighted by molar-refractivity contribution is 7.90. The lowest BCUT2D eigenvalue weighted by molar-refractivity contribution is 0.108. The first-order valence-electron chi connectivity index (χ1n) is 5.89. The lowest BCUT2D eigenvalue weighted by Crippen LogP contribution is -2.15. The van der Waals surface area contributed by atoms with E-state index in [0.717, 1.165) is 6.26 Å². The fourth-order valence-corrected chi connectivity index (χ4v) is 3.66. The van der Waals surface area contributed by atoms with Crippen molar-refractivity contribution in [3.05, 3.63) is 34.8 Å². The molecule has 0 atom stereocenters. The SMILES string of the molecule is Cc1cc(N(C)c2nccs2)c(S(C)(=O)=O)cc1C(=O)Cl. The van der Waals surface area contributed by atoms with Gasteiger partial charge in [0.05, 0.1) is 10.6 Å². The van der Waals surface area contributed by atoms with Crippen molar-refractivity contribution in [3.8, 4) is 0 Å². The summed E-state index contributed by atoms with van der Waals surface area (Å²) in [6.07, 6.45) is 2.74. The van der Waals surface area contributed by atoms with Crippen LogP contribution in [0.4, 0.5) is 10.8 Å². The van der Waals surface area contributed by atoms with Crippen LogP contribution >= 0.6 is 22.9 Å². The Balaban J connectivity index is 2.70. The molecule has 8 heteroatoms. The molecular weight excluding hydrogens is 332 g/mol. The van der Waals surface area contributed by atoms with Gasteiger partial charge in [0.25, 0.3) is 5.24 Å². The summed E-state index contributed by atoms with van der Waals surface area (Å²) < 4.78 is 24.0. The van der Waals surface area contributed by atoms with Crippen LogP contribution in [-0.2, 0) is 9.84 Å². The summed E-state index contributed by atoms with van der Waals surface area (Å²) in [5.41, 5.74) is 1.26. The van der Waals surface area contributed by atoms with Crippen molar-refractivity contribution < 1.29 is 13.2 Å². The van der Waals surface area contributed by atoms with E-state index in [1.54, 1.807) is 36.5 Å². The number of halogens is 1. The molecule has 2 rings (SSSR count). The van der Waals surface area contributed by atoms with Crippen LogP contribution in [0.25, 0.3) is 0 Å². The van der Waals surface area contributed by atoms with Gasteiger partial charge in [0.1, 0.15) is 0 Å². The first-order valence-corrected chi connectivity index (χ1v) is 9.04. The molecule has 0 fully saturated rings. The number of nitrogens with zero attached hydrogens (tertiary/aromatic N) is 2. The van der Waals surface area contributed by atoms with E-state index in [9.17, 15) is 13.2 Å². The van der Waals surface area contributed by atoms with Gasteiger partial charge in [-0.3, -0.25) is 4.79 Å². The molecule has 0 aliphatic carbocycles. The average molecular weight is 345 g/mol. The molecule has 0 saturated heterocycles. The number of aromatic nitrogens is 1. The molecule has 21 heavy (non-hydrogen) atoms. The number of benzene rings is 1. The summed E-state index contributed by atoms with van der Waals surface area (Å²) in [4.78, 5) is 17.3. The number of hydrogen-bond donors (Lipinski definition) is 0. The molecule has 1 heterocycles. The lowest BCUT2D eigenvalue weighted by Gasteiger charge is -2.20. The molecule has 0 radical (unpaired) electrons. The molecule has 0 saturated carbocycles. The van der Waals surface area contributed by atoms with E-state index in [2.05, 4.69) is 4.98 Å². The molecule has 0 unspecified atom stereocenters. The molecule has 2 aromatic rings. The van der Waals surface area contributed by atoms with Crippen molar-refractivity contribution >= 4 is 48.8 Å². The fraction of sp³-hybridized carbons (Fsp3) is 0.231. The van der Waals surface area contributed by atoms with E-state index in [-0.39, 0.29) is 10.5 Å². The van der Waals surface area contributed by atoms with Gasteiger partial charge >= 0.3 is 0 Å². The second-order valence-electron chi connectivity index (χ2n) is 4.55. The topological polar surface area (TPSA) is 67.3 Å². The highest BCUT2D eigenvalue weighted by Crippen LogP contribution is 2.33. The van der Waals surface area contributed by atoms with Crippen LogP contribution in [0.5, 0.6) is 0 Å². The van der Waals surface area contributed by atoms with E-state index < -0.39 is 15.1 Å². The molecular formula is C13H13ClN2O3S2. The Morgan fingerprint density at radius 3 is 2.52 bits per heavy atom. The first-order chi connectivity index (χ1) is 9.71. The lowest BCUT2D eigenvalue weighted by atomic mass is 10.1. The molecule has 5 nitrogen and oxygen atoms in total. The minimum Gasteiger partial charge on any atom is -0.320 e. The number of carbonyl (C=O) groups is 1. The number of hydrogen-bond acceptors (Lipinski definition) is 6. The molecule has 0 amide bonds. The maximum Gasteiger partial charge on any atom is 0.252 e. The van der Waals surface area contributed by atoms with Crippen molar-refractivity contribution in [1.29, 1.82) is 0 Å². The predicted octanol–water partition coefficient (Wildman–Crippen LogP) is 3.00. The molecule has 0 aliphatic rings. The summed E-state index contributed by atoms with van der Waals surface area (Å²) in [6, 6.07) is 2.95. The maximum atomic E-state index is 12.0. The molecule has 112 valence electrons. The third-order valence-electron chi connectivity index (χ3n) is 2.98. The minimum atomic E-state index is -3.52. The standard InChI is InChI=1S/C13H13ClN2O3S2/c1-8-6-10(16(2)13-15-4-5-20-13)11(21(3,18)19)7-9(8)12(14)17/h4-7H,1-3H3. The average Bonchev–Trinajstić information content (AvgIpc) is 2.89. The van der Waals surface area contributed by atoms with Gasteiger partial charge in [-0.1, -0.05) is 0 Å². The van der Waals surface area contributed by atoms with E-state index in [0.29, 0.717) is 16.4 Å². The number of carbonyl (C=O) groups excluding carboxylic acids is 1. The molecule has 0 spiro atoms. The van der Waals surface area contributed by atoms with Crippen LogP contribution in [-0.4, -0.2) is 31.9 Å². The summed E-state index contributed by atoms with van der Waals surface area (Å²) in [6.45, 7) is 1.71.